The second-order valence-corrected chi connectivity index (χ2v) is 10.5. The second kappa shape index (κ2) is 8.60. The molecule has 176 valence electrons. The fraction of sp³-hybridized carbons (Fsp3) is 0.292. The number of nitrogens with one attached hydrogen (secondary N) is 1. The first-order valence-electron chi connectivity index (χ1n) is 10.9. The summed E-state index contributed by atoms with van der Waals surface area (Å²) in [6.07, 6.45) is 2.05. The lowest BCUT2D eigenvalue weighted by Gasteiger charge is -2.15. The van der Waals surface area contributed by atoms with Crippen molar-refractivity contribution in [2.24, 2.45) is 0 Å². The van der Waals surface area contributed by atoms with Gasteiger partial charge in [-0.05, 0) is 43.7 Å². The smallest absolute Gasteiger partial charge is 0.272 e. The molecule has 1 fully saturated rings. The summed E-state index contributed by atoms with van der Waals surface area (Å²) in [5.41, 5.74) is 2.62. The van der Waals surface area contributed by atoms with Crippen LogP contribution in [0.5, 0.6) is 5.75 Å². The van der Waals surface area contributed by atoms with Gasteiger partial charge in [-0.1, -0.05) is 12.1 Å². The van der Waals surface area contributed by atoms with Gasteiger partial charge in [0, 0.05) is 5.56 Å². The molecule has 0 saturated carbocycles. The Bertz CT molecular complexity index is 1470. The van der Waals surface area contributed by atoms with Crippen molar-refractivity contribution in [3.63, 3.8) is 0 Å². The maximum Gasteiger partial charge on any atom is 0.272 e. The van der Waals surface area contributed by atoms with E-state index in [1.54, 1.807) is 25.5 Å². The number of benzene rings is 1. The molecule has 1 aliphatic rings. The van der Waals surface area contributed by atoms with E-state index in [4.69, 9.17) is 9.15 Å². The predicted molar refractivity (Wildman–Crippen MR) is 126 cm³/mol. The van der Waals surface area contributed by atoms with Crippen LogP contribution in [0, 0.1) is 6.92 Å². The van der Waals surface area contributed by atoms with Gasteiger partial charge in [0.1, 0.15) is 22.9 Å². The predicted octanol–water partition coefficient (Wildman–Crippen LogP) is 3.30. The lowest BCUT2D eigenvalue weighted by Crippen LogP contribution is -2.24. The van der Waals surface area contributed by atoms with E-state index in [9.17, 15) is 13.2 Å². The normalized spacial score (nSPS) is 17.2. The average molecular weight is 481 g/mol. The third kappa shape index (κ3) is 4.16. The van der Waals surface area contributed by atoms with Crippen molar-refractivity contribution in [3.05, 3.63) is 66.0 Å². The number of ether oxygens (including phenoxy) is 1. The molecule has 3 aromatic heterocycles. The molecule has 1 saturated heterocycles. The minimum Gasteiger partial charge on any atom is -0.497 e. The van der Waals surface area contributed by atoms with Crippen molar-refractivity contribution >= 4 is 26.8 Å². The minimum atomic E-state index is -3.11. The quantitative estimate of drug-likeness (QED) is 0.450. The standard InChI is InChI=1S/C24H24N4O5S/c1-15-26-22-21(28(15)17-8-10-34(30,31)14-17)12-20(16-5-3-6-18(11-16)32-2)27-23(22)24(29)25-13-19-7-4-9-33-19/h3-7,9,11-12,17H,8,10,13-14H2,1-2H3,(H,25,29). The zero-order chi connectivity index (χ0) is 23.9. The maximum absolute atomic E-state index is 13.2. The van der Waals surface area contributed by atoms with E-state index >= 15 is 0 Å². The molecule has 1 atom stereocenters. The number of imidazole rings is 1. The molecule has 0 bridgehead atoms. The van der Waals surface area contributed by atoms with Crippen LogP contribution >= 0.6 is 0 Å². The molecule has 5 rings (SSSR count). The van der Waals surface area contributed by atoms with Crippen LogP contribution in [0.4, 0.5) is 0 Å². The number of pyridine rings is 1. The van der Waals surface area contributed by atoms with Crippen molar-refractivity contribution in [2.75, 3.05) is 18.6 Å². The number of sulfone groups is 1. The van der Waals surface area contributed by atoms with E-state index in [1.807, 2.05) is 41.8 Å². The summed E-state index contributed by atoms with van der Waals surface area (Å²) in [6, 6.07) is 12.5. The summed E-state index contributed by atoms with van der Waals surface area (Å²) in [6.45, 7) is 2.03. The zero-order valence-electron chi connectivity index (χ0n) is 18.8. The highest BCUT2D eigenvalue weighted by molar-refractivity contribution is 7.91. The van der Waals surface area contributed by atoms with E-state index in [1.165, 1.54) is 0 Å². The van der Waals surface area contributed by atoms with E-state index in [2.05, 4.69) is 15.3 Å². The number of nitrogens with zero attached hydrogens (tertiary/aromatic N) is 3. The summed E-state index contributed by atoms with van der Waals surface area (Å²) in [5.74, 6) is 1.72. The largest absolute Gasteiger partial charge is 0.497 e. The monoisotopic (exact) mass is 480 g/mol. The van der Waals surface area contributed by atoms with E-state index in [0.29, 0.717) is 40.5 Å². The first-order valence-corrected chi connectivity index (χ1v) is 12.7. The van der Waals surface area contributed by atoms with Gasteiger partial charge < -0.3 is 19.0 Å². The molecule has 1 N–H and O–H groups in total. The van der Waals surface area contributed by atoms with Crippen LogP contribution in [-0.2, 0) is 16.4 Å². The Hall–Kier alpha value is -3.66. The maximum atomic E-state index is 13.2. The van der Waals surface area contributed by atoms with E-state index < -0.39 is 15.7 Å². The van der Waals surface area contributed by atoms with Crippen molar-refractivity contribution in [3.8, 4) is 17.0 Å². The summed E-state index contributed by atoms with van der Waals surface area (Å²) >= 11 is 0. The number of furan rings is 1. The van der Waals surface area contributed by atoms with Crippen LogP contribution in [0.3, 0.4) is 0 Å². The molecule has 0 aliphatic carbocycles. The molecule has 10 heteroatoms. The minimum absolute atomic E-state index is 0.0517. The Morgan fingerprint density at radius 2 is 2.09 bits per heavy atom. The third-order valence-electron chi connectivity index (χ3n) is 6.01. The van der Waals surface area contributed by atoms with Gasteiger partial charge in [-0.15, -0.1) is 0 Å². The first kappa shape index (κ1) is 22.1. The Labute approximate surface area is 196 Å². The van der Waals surface area contributed by atoms with Crippen molar-refractivity contribution < 1.29 is 22.4 Å². The first-order chi connectivity index (χ1) is 16.3. The molecular formula is C24H24N4O5S. The Kier molecular flexibility index (Phi) is 5.60. The van der Waals surface area contributed by atoms with Gasteiger partial charge in [0.2, 0.25) is 0 Å². The summed E-state index contributed by atoms with van der Waals surface area (Å²) in [7, 11) is -1.52. The zero-order valence-corrected chi connectivity index (χ0v) is 19.6. The summed E-state index contributed by atoms with van der Waals surface area (Å²) in [5, 5.41) is 2.84. The number of carbonyl (C=O) groups excluding carboxylic acids is 1. The van der Waals surface area contributed by atoms with Gasteiger partial charge in [0.25, 0.3) is 5.91 Å². The van der Waals surface area contributed by atoms with Gasteiger partial charge in [0.15, 0.2) is 15.5 Å². The highest BCUT2D eigenvalue weighted by atomic mass is 32.2. The molecule has 4 heterocycles. The van der Waals surface area contributed by atoms with Crippen LogP contribution in [0.1, 0.15) is 34.5 Å². The van der Waals surface area contributed by atoms with Crippen molar-refractivity contribution in [1.29, 1.82) is 0 Å². The van der Waals surface area contributed by atoms with Crippen LogP contribution in [0.15, 0.2) is 53.1 Å². The van der Waals surface area contributed by atoms with Crippen molar-refractivity contribution in [1.82, 2.24) is 19.9 Å². The van der Waals surface area contributed by atoms with Gasteiger partial charge in [-0.25, -0.2) is 18.4 Å². The highest BCUT2D eigenvalue weighted by Gasteiger charge is 2.32. The number of amides is 1. The number of methoxy groups -OCH3 is 1. The van der Waals surface area contributed by atoms with Gasteiger partial charge in [-0.3, -0.25) is 4.79 Å². The fourth-order valence-electron chi connectivity index (χ4n) is 4.40. The molecule has 9 nitrogen and oxygen atoms in total. The third-order valence-corrected chi connectivity index (χ3v) is 7.76. The Balaban J connectivity index is 1.64. The van der Waals surface area contributed by atoms with Crippen LogP contribution in [0.25, 0.3) is 22.3 Å². The molecule has 1 amide bonds. The Morgan fingerprint density at radius 1 is 1.24 bits per heavy atom. The SMILES string of the molecule is COc1cccc(-c2cc3c(nc(C)n3C3CCS(=O)(=O)C3)c(C(=O)NCc3ccco3)n2)c1. The second-order valence-electron chi connectivity index (χ2n) is 8.30. The van der Waals surface area contributed by atoms with Crippen molar-refractivity contribution in [2.45, 2.75) is 25.9 Å². The molecule has 34 heavy (non-hydrogen) atoms. The summed E-state index contributed by atoms with van der Waals surface area (Å²) in [4.78, 5) is 22.5. The van der Waals surface area contributed by atoms with Gasteiger partial charge >= 0.3 is 0 Å². The fourth-order valence-corrected chi connectivity index (χ4v) is 6.10. The molecule has 4 aromatic rings. The molecule has 0 radical (unpaired) electrons. The number of hydrogen-bond donors (Lipinski definition) is 1. The number of aryl methyl sites for hydroxylation is 1. The average Bonchev–Trinajstić information content (AvgIpc) is 3.55. The lowest BCUT2D eigenvalue weighted by molar-refractivity contribution is 0.0945. The molecule has 1 unspecified atom stereocenters. The molecule has 0 spiro atoms. The van der Waals surface area contributed by atoms with E-state index in [0.717, 1.165) is 5.56 Å². The van der Waals surface area contributed by atoms with Crippen LogP contribution in [-0.4, -0.2) is 47.5 Å². The van der Waals surface area contributed by atoms with Gasteiger partial charge in [0.05, 0.1) is 48.7 Å². The van der Waals surface area contributed by atoms with Crippen LogP contribution < -0.4 is 10.1 Å². The number of hydrogen-bond acceptors (Lipinski definition) is 7. The number of fused-ring (bicyclic) bond motifs is 1. The highest BCUT2D eigenvalue weighted by Crippen LogP contribution is 2.33. The van der Waals surface area contributed by atoms with E-state index in [-0.39, 0.29) is 29.8 Å². The molecule has 1 aromatic carbocycles. The lowest BCUT2D eigenvalue weighted by atomic mass is 10.1. The molecular weight excluding hydrogens is 456 g/mol. The topological polar surface area (TPSA) is 116 Å². The van der Waals surface area contributed by atoms with Crippen LogP contribution in [0.2, 0.25) is 0 Å². The number of carbonyl (C=O) groups is 1. The summed E-state index contributed by atoms with van der Waals surface area (Å²) < 4.78 is 37.0. The number of rotatable bonds is 6. The molecule has 1 aliphatic heterocycles. The number of aromatic nitrogens is 3. The van der Waals surface area contributed by atoms with Gasteiger partial charge in [-0.2, -0.15) is 0 Å². The Morgan fingerprint density at radius 3 is 2.79 bits per heavy atom.